The van der Waals surface area contributed by atoms with E-state index in [9.17, 15) is 46.2 Å². The van der Waals surface area contributed by atoms with Crippen molar-refractivity contribution in [1.29, 1.82) is 0 Å². The molecular formula is C36H40Cl2F3N5O7S. The van der Waals surface area contributed by atoms with Crippen LogP contribution in [0.1, 0.15) is 55.6 Å². The van der Waals surface area contributed by atoms with E-state index in [2.05, 4.69) is 22.2 Å². The standard InChI is InChI=1S/C36H40Cl2F3N5O7S/c1-44-21-10-11-22(44)18-23(17-21)45-13-15-46(16-14-45)29(47)19-28-32(35(50)51)33(30-24(37)6-4-7-25(30)38)31(34(48)49)27(42-28)12-9-20-5-2-3-8-26(20)43-54(52,53)36(39,40)41/h2-8,21-23,33,42-43H,9-19H2,1H3,(H,48,49)(H,50,51). The Labute approximate surface area is 320 Å². The maximum Gasteiger partial charge on any atom is 0.516 e. The van der Waals surface area contributed by atoms with E-state index in [4.69, 9.17) is 23.2 Å². The second-order valence-electron chi connectivity index (χ2n) is 14.1. The second-order valence-corrected chi connectivity index (χ2v) is 16.6. The summed E-state index contributed by atoms with van der Waals surface area (Å²) in [7, 11) is -3.60. The molecule has 2 bridgehead atoms. The number of sulfonamides is 1. The first-order valence-corrected chi connectivity index (χ1v) is 19.7. The summed E-state index contributed by atoms with van der Waals surface area (Å²) in [4.78, 5) is 46.5. The number of amides is 1. The normalized spacial score (nSPS) is 24.1. The fraction of sp³-hybridized carbons (Fsp3) is 0.472. The van der Waals surface area contributed by atoms with Crippen LogP contribution in [0.2, 0.25) is 10.0 Å². The minimum atomic E-state index is -5.78. The predicted molar refractivity (Wildman–Crippen MR) is 195 cm³/mol. The highest BCUT2D eigenvalue weighted by atomic mass is 35.5. The van der Waals surface area contributed by atoms with Gasteiger partial charge in [0.15, 0.2) is 0 Å². The van der Waals surface area contributed by atoms with Crippen LogP contribution in [0.25, 0.3) is 0 Å². The number of hydrogen-bond acceptors (Lipinski definition) is 8. The van der Waals surface area contributed by atoms with Gasteiger partial charge < -0.3 is 25.3 Å². The molecule has 0 saturated carbocycles. The first-order valence-electron chi connectivity index (χ1n) is 17.5. The fourth-order valence-electron chi connectivity index (χ4n) is 8.31. The molecule has 12 nitrogen and oxygen atoms in total. The van der Waals surface area contributed by atoms with Crippen molar-refractivity contribution in [1.82, 2.24) is 20.0 Å². The fourth-order valence-corrected chi connectivity index (χ4v) is 9.53. The van der Waals surface area contributed by atoms with Gasteiger partial charge in [-0.3, -0.25) is 14.4 Å². The molecule has 0 radical (unpaired) electrons. The van der Waals surface area contributed by atoms with Gasteiger partial charge in [-0.1, -0.05) is 47.5 Å². The maximum absolute atomic E-state index is 13.9. The number of rotatable bonds is 11. The van der Waals surface area contributed by atoms with E-state index in [0.717, 1.165) is 18.9 Å². The van der Waals surface area contributed by atoms with Crippen LogP contribution in [-0.2, 0) is 30.8 Å². The number of anilines is 1. The van der Waals surface area contributed by atoms with Gasteiger partial charge in [0.1, 0.15) is 0 Å². The van der Waals surface area contributed by atoms with Crippen LogP contribution in [0.3, 0.4) is 0 Å². The third-order valence-corrected chi connectivity index (χ3v) is 12.8. The highest BCUT2D eigenvalue weighted by Gasteiger charge is 2.47. The molecule has 4 aliphatic rings. The summed E-state index contributed by atoms with van der Waals surface area (Å²) in [6.07, 6.45) is 3.66. The average molecular weight is 815 g/mol. The van der Waals surface area contributed by atoms with Crippen LogP contribution in [0, 0.1) is 0 Å². The van der Waals surface area contributed by atoms with Crippen LogP contribution < -0.4 is 10.0 Å². The van der Waals surface area contributed by atoms with Gasteiger partial charge >= 0.3 is 27.5 Å². The molecule has 292 valence electrons. The zero-order valence-corrected chi connectivity index (χ0v) is 31.5. The molecule has 54 heavy (non-hydrogen) atoms. The molecule has 0 spiro atoms. The molecule has 2 aromatic rings. The number of alkyl halides is 3. The number of benzene rings is 2. The number of para-hydroxylation sites is 1. The van der Waals surface area contributed by atoms with Crippen LogP contribution in [0.4, 0.5) is 18.9 Å². The number of piperazine rings is 1. The largest absolute Gasteiger partial charge is 0.516 e. The summed E-state index contributed by atoms with van der Waals surface area (Å²) in [5.74, 6) is -4.99. The molecule has 0 aliphatic carbocycles. The molecule has 4 heterocycles. The first kappa shape index (κ1) is 39.9. The second kappa shape index (κ2) is 15.7. The van der Waals surface area contributed by atoms with Gasteiger partial charge in [0.05, 0.1) is 29.2 Å². The highest BCUT2D eigenvalue weighted by molar-refractivity contribution is 7.93. The van der Waals surface area contributed by atoms with Crippen molar-refractivity contribution in [2.24, 2.45) is 0 Å². The molecule has 4 aliphatic heterocycles. The quantitative estimate of drug-likeness (QED) is 0.231. The topological polar surface area (TPSA) is 160 Å². The number of dihydropyridines is 1. The van der Waals surface area contributed by atoms with E-state index in [-0.39, 0.29) is 57.0 Å². The number of fused-ring (bicyclic) bond motifs is 2. The van der Waals surface area contributed by atoms with Crippen molar-refractivity contribution in [2.75, 3.05) is 37.9 Å². The van der Waals surface area contributed by atoms with Gasteiger partial charge in [-0.25, -0.2) is 9.59 Å². The third kappa shape index (κ3) is 8.08. The van der Waals surface area contributed by atoms with Crippen molar-refractivity contribution in [3.63, 3.8) is 0 Å². The van der Waals surface area contributed by atoms with E-state index in [1.165, 1.54) is 49.2 Å². The van der Waals surface area contributed by atoms with Gasteiger partial charge in [0.25, 0.3) is 0 Å². The smallest absolute Gasteiger partial charge is 0.478 e. The average Bonchev–Trinajstić information content (AvgIpc) is 3.28. The number of allylic oxidation sites excluding steroid dienone is 1. The molecule has 3 atom stereocenters. The number of carboxylic acids is 2. The number of halogens is 5. The van der Waals surface area contributed by atoms with E-state index in [1.807, 2.05) is 0 Å². The summed E-state index contributed by atoms with van der Waals surface area (Å²) in [5.41, 5.74) is -6.93. The van der Waals surface area contributed by atoms with Crippen LogP contribution in [0.15, 0.2) is 65.0 Å². The summed E-state index contributed by atoms with van der Waals surface area (Å²) < 4.78 is 65.1. The Morgan fingerprint density at radius 1 is 0.852 bits per heavy atom. The molecule has 4 N–H and O–H groups in total. The number of hydrogen-bond donors (Lipinski definition) is 4. The summed E-state index contributed by atoms with van der Waals surface area (Å²) in [5, 5.41) is 24.0. The Bertz CT molecular complexity index is 1970. The zero-order chi connectivity index (χ0) is 39.1. The number of carbonyl (C=O) groups is 3. The lowest BCUT2D eigenvalue weighted by atomic mass is 9.78. The van der Waals surface area contributed by atoms with Crippen molar-refractivity contribution in [2.45, 2.75) is 74.5 Å². The third-order valence-electron chi connectivity index (χ3n) is 11.1. The minimum absolute atomic E-state index is 0.0152. The molecule has 2 aromatic carbocycles. The van der Waals surface area contributed by atoms with Gasteiger partial charge in [-0.05, 0) is 69.3 Å². The van der Waals surface area contributed by atoms with Crippen molar-refractivity contribution < 1.29 is 46.2 Å². The number of carboxylic acid groups (broad SMARTS) is 2. The van der Waals surface area contributed by atoms with E-state index in [0.29, 0.717) is 44.3 Å². The monoisotopic (exact) mass is 813 g/mol. The van der Waals surface area contributed by atoms with E-state index < -0.39 is 51.0 Å². The molecular weight excluding hydrogens is 774 g/mol. The molecule has 3 unspecified atom stereocenters. The van der Waals surface area contributed by atoms with Crippen molar-refractivity contribution in [3.05, 3.63) is 86.2 Å². The van der Waals surface area contributed by atoms with Gasteiger partial charge in [0, 0.05) is 71.3 Å². The molecule has 3 saturated heterocycles. The number of aliphatic carboxylic acids is 2. The van der Waals surface area contributed by atoms with Crippen LogP contribution >= 0.6 is 23.2 Å². The first-order chi connectivity index (χ1) is 25.5. The van der Waals surface area contributed by atoms with Crippen molar-refractivity contribution in [3.8, 4) is 0 Å². The number of aryl methyl sites for hydroxylation is 1. The van der Waals surface area contributed by atoms with E-state index in [1.54, 1.807) is 9.62 Å². The lowest BCUT2D eigenvalue weighted by Crippen LogP contribution is -2.56. The number of carbonyl (C=O) groups excluding carboxylic acids is 1. The zero-order valence-electron chi connectivity index (χ0n) is 29.2. The Kier molecular flexibility index (Phi) is 11.6. The van der Waals surface area contributed by atoms with Gasteiger partial charge in [0.2, 0.25) is 5.91 Å². The van der Waals surface area contributed by atoms with Crippen molar-refractivity contribution >= 4 is 56.8 Å². The predicted octanol–water partition coefficient (Wildman–Crippen LogP) is 5.41. The summed E-state index contributed by atoms with van der Waals surface area (Å²) in [6.45, 7) is 2.15. The van der Waals surface area contributed by atoms with E-state index >= 15 is 0 Å². The lowest BCUT2D eigenvalue weighted by Gasteiger charge is -2.45. The lowest BCUT2D eigenvalue weighted by molar-refractivity contribution is -0.133. The minimum Gasteiger partial charge on any atom is -0.478 e. The maximum atomic E-state index is 13.9. The Morgan fingerprint density at radius 3 is 2.00 bits per heavy atom. The van der Waals surface area contributed by atoms with Gasteiger partial charge in [-0.15, -0.1) is 0 Å². The summed E-state index contributed by atoms with van der Waals surface area (Å²) >= 11 is 13.1. The number of piperidine rings is 1. The SMILES string of the molecule is CN1C2CCC1CC(N1CCN(C(=O)CC3=C(C(=O)O)C(c4c(Cl)cccc4Cl)C(C(=O)O)=C(CCc4ccccc4NS(=O)(=O)C(F)(F)F)N3)CC1)C2. The van der Waals surface area contributed by atoms with Crippen LogP contribution in [-0.4, -0.2) is 108 Å². The Hall–Kier alpha value is -3.83. The molecule has 1 amide bonds. The number of nitrogens with one attached hydrogen (secondary N) is 2. The van der Waals surface area contributed by atoms with Gasteiger partial charge in [-0.2, -0.15) is 21.6 Å². The molecule has 6 rings (SSSR count). The molecule has 3 fully saturated rings. The molecule has 0 aromatic heterocycles. The Balaban J connectivity index is 1.29. The van der Waals surface area contributed by atoms with Crippen LogP contribution in [0.5, 0.6) is 0 Å². The Morgan fingerprint density at radius 2 is 1.43 bits per heavy atom. The highest BCUT2D eigenvalue weighted by Crippen LogP contribution is 2.45. The summed E-state index contributed by atoms with van der Waals surface area (Å²) in [6, 6.07) is 11.2. The molecule has 18 heteroatoms. The number of nitrogens with zero attached hydrogens (tertiary/aromatic N) is 3.